The highest BCUT2D eigenvalue weighted by Crippen LogP contribution is 2.42. The van der Waals surface area contributed by atoms with Crippen molar-refractivity contribution in [1.82, 2.24) is 9.78 Å². The number of anilines is 1. The molecule has 2 heterocycles. The number of rotatable bonds is 3. The van der Waals surface area contributed by atoms with Crippen molar-refractivity contribution in [3.8, 4) is 11.3 Å². The maximum atomic E-state index is 12.8. The molecular formula is C20H17N3O2S. The highest BCUT2D eigenvalue weighted by molar-refractivity contribution is 7.98. The van der Waals surface area contributed by atoms with E-state index in [0.717, 1.165) is 16.8 Å². The monoisotopic (exact) mass is 363 g/mol. The Kier molecular flexibility index (Phi) is 4.12. The summed E-state index contributed by atoms with van der Waals surface area (Å²) in [5.41, 5.74) is 4.61. The van der Waals surface area contributed by atoms with Crippen LogP contribution >= 0.6 is 11.8 Å². The predicted octanol–water partition coefficient (Wildman–Crippen LogP) is 4.15. The standard InChI is InChI=1S/C20H17N3O2S/c1-12(24)13-6-5-7-14(10-13)21-20(25)18-16-11-26-17-9-4-3-8-15(17)19(16)23(2)22-18/h3-10H,11H2,1-2H3,(H,21,25). The molecule has 5 nitrogen and oxygen atoms in total. The first-order chi connectivity index (χ1) is 12.5. The predicted molar refractivity (Wildman–Crippen MR) is 103 cm³/mol. The molecule has 26 heavy (non-hydrogen) atoms. The number of fused-ring (bicyclic) bond motifs is 3. The average Bonchev–Trinajstić information content (AvgIpc) is 2.99. The van der Waals surface area contributed by atoms with Crippen molar-refractivity contribution in [3.63, 3.8) is 0 Å². The summed E-state index contributed by atoms with van der Waals surface area (Å²) in [5.74, 6) is 0.406. The topological polar surface area (TPSA) is 64.0 Å². The van der Waals surface area contributed by atoms with Gasteiger partial charge in [-0.3, -0.25) is 14.3 Å². The van der Waals surface area contributed by atoms with Crippen LogP contribution in [0.25, 0.3) is 11.3 Å². The zero-order valence-corrected chi connectivity index (χ0v) is 15.3. The van der Waals surface area contributed by atoms with Gasteiger partial charge >= 0.3 is 0 Å². The summed E-state index contributed by atoms with van der Waals surface area (Å²) in [7, 11) is 1.86. The van der Waals surface area contributed by atoms with Gasteiger partial charge < -0.3 is 5.32 Å². The first-order valence-corrected chi connectivity index (χ1v) is 9.23. The number of thioether (sulfide) groups is 1. The van der Waals surface area contributed by atoms with E-state index in [-0.39, 0.29) is 11.7 Å². The van der Waals surface area contributed by atoms with Gasteiger partial charge in [0.05, 0.1) is 5.69 Å². The van der Waals surface area contributed by atoms with E-state index in [0.29, 0.717) is 22.7 Å². The smallest absolute Gasteiger partial charge is 0.276 e. The van der Waals surface area contributed by atoms with Crippen molar-refractivity contribution in [2.24, 2.45) is 7.05 Å². The molecule has 1 aliphatic heterocycles. The number of nitrogens with one attached hydrogen (secondary N) is 1. The molecule has 3 aromatic rings. The van der Waals surface area contributed by atoms with E-state index >= 15 is 0 Å². The van der Waals surface area contributed by atoms with Gasteiger partial charge in [0.1, 0.15) is 0 Å². The summed E-state index contributed by atoms with van der Waals surface area (Å²) in [4.78, 5) is 25.5. The van der Waals surface area contributed by atoms with E-state index < -0.39 is 0 Å². The Bertz CT molecular complexity index is 1040. The van der Waals surface area contributed by atoms with Crippen molar-refractivity contribution in [1.29, 1.82) is 0 Å². The third kappa shape index (κ3) is 2.82. The van der Waals surface area contributed by atoms with E-state index in [1.165, 1.54) is 11.8 Å². The number of aryl methyl sites for hydroxylation is 1. The Balaban J connectivity index is 1.69. The molecule has 0 radical (unpaired) electrons. The van der Waals surface area contributed by atoms with Gasteiger partial charge in [-0.1, -0.05) is 30.3 Å². The third-order valence-electron chi connectivity index (χ3n) is 4.40. The number of hydrogen-bond donors (Lipinski definition) is 1. The van der Waals surface area contributed by atoms with Crippen LogP contribution in [0.3, 0.4) is 0 Å². The van der Waals surface area contributed by atoms with Crippen LogP contribution in [0.1, 0.15) is 33.3 Å². The van der Waals surface area contributed by atoms with Gasteiger partial charge in [-0.2, -0.15) is 5.10 Å². The first-order valence-electron chi connectivity index (χ1n) is 8.25. The van der Waals surface area contributed by atoms with Crippen molar-refractivity contribution in [3.05, 3.63) is 65.4 Å². The molecule has 2 aromatic carbocycles. The van der Waals surface area contributed by atoms with Crippen molar-refractivity contribution in [2.45, 2.75) is 17.6 Å². The summed E-state index contributed by atoms with van der Waals surface area (Å²) in [5, 5.41) is 7.33. The van der Waals surface area contributed by atoms with Crippen LogP contribution in [0, 0.1) is 0 Å². The summed E-state index contributed by atoms with van der Waals surface area (Å²) in [6.45, 7) is 1.50. The minimum atomic E-state index is -0.262. The van der Waals surface area contributed by atoms with Gasteiger partial charge in [-0.05, 0) is 25.1 Å². The number of Topliss-reactive ketones (excluding diaryl/α,β-unsaturated/α-hetero) is 1. The van der Waals surface area contributed by atoms with E-state index in [1.807, 2.05) is 19.2 Å². The summed E-state index contributed by atoms with van der Waals surface area (Å²) in [6, 6.07) is 15.1. The van der Waals surface area contributed by atoms with Gasteiger partial charge in [0, 0.05) is 40.1 Å². The Labute approximate surface area is 155 Å². The molecule has 0 aliphatic carbocycles. The number of amides is 1. The van der Waals surface area contributed by atoms with Gasteiger partial charge in [-0.25, -0.2) is 0 Å². The maximum absolute atomic E-state index is 12.8. The van der Waals surface area contributed by atoms with Crippen LogP contribution in [0.4, 0.5) is 5.69 Å². The lowest BCUT2D eigenvalue weighted by atomic mass is 10.1. The Morgan fingerprint density at radius 1 is 1.15 bits per heavy atom. The number of carbonyl (C=O) groups is 2. The van der Waals surface area contributed by atoms with Crippen molar-refractivity contribution < 1.29 is 9.59 Å². The SMILES string of the molecule is CC(=O)c1cccc(NC(=O)c2nn(C)c3c2CSc2ccccc2-3)c1. The van der Waals surface area contributed by atoms with Gasteiger partial charge in [0.15, 0.2) is 11.5 Å². The molecule has 1 N–H and O–H groups in total. The third-order valence-corrected chi connectivity index (χ3v) is 5.50. The normalized spacial score (nSPS) is 12.2. The second-order valence-electron chi connectivity index (χ2n) is 6.18. The number of aromatic nitrogens is 2. The number of carbonyl (C=O) groups excluding carboxylic acids is 2. The molecule has 0 saturated heterocycles. The zero-order chi connectivity index (χ0) is 18.3. The largest absolute Gasteiger partial charge is 0.321 e. The molecule has 6 heteroatoms. The van der Waals surface area contributed by atoms with Gasteiger partial charge in [-0.15, -0.1) is 11.8 Å². The second kappa shape index (κ2) is 6.46. The number of nitrogens with zero attached hydrogens (tertiary/aromatic N) is 2. The summed E-state index contributed by atoms with van der Waals surface area (Å²) < 4.78 is 1.77. The molecule has 1 amide bonds. The minimum Gasteiger partial charge on any atom is -0.321 e. The number of hydrogen-bond acceptors (Lipinski definition) is 4. The average molecular weight is 363 g/mol. The lowest BCUT2D eigenvalue weighted by Crippen LogP contribution is -2.15. The maximum Gasteiger partial charge on any atom is 0.276 e. The molecule has 0 spiro atoms. The van der Waals surface area contributed by atoms with E-state index in [2.05, 4.69) is 22.5 Å². The highest BCUT2D eigenvalue weighted by atomic mass is 32.2. The highest BCUT2D eigenvalue weighted by Gasteiger charge is 2.27. The van der Waals surface area contributed by atoms with E-state index in [1.54, 1.807) is 40.7 Å². The molecule has 4 rings (SSSR count). The lowest BCUT2D eigenvalue weighted by molar-refractivity contribution is 0.100. The molecule has 1 aliphatic rings. The van der Waals surface area contributed by atoms with Crippen molar-refractivity contribution >= 4 is 29.1 Å². The molecular weight excluding hydrogens is 346 g/mol. The van der Waals surface area contributed by atoms with Crippen LogP contribution in [0.5, 0.6) is 0 Å². The van der Waals surface area contributed by atoms with Crippen LogP contribution in [-0.4, -0.2) is 21.5 Å². The molecule has 0 bridgehead atoms. The fraction of sp³-hybridized carbons (Fsp3) is 0.150. The molecule has 0 saturated carbocycles. The fourth-order valence-corrected chi connectivity index (χ4v) is 4.24. The van der Waals surface area contributed by atoms with Gasteiger partial charge in [0.2, 0.25) is 0 Å². The van der Waals surface area contributed by atoms with Crippen LogP contribution < -0.4 is 5.32 Å². The Morgan fingerprint density at radius 3 is 2.77 bits per heavy atom. The zero-order valence-electron chi connectivity index (χ0n) is 14.4. The summed E-state index contributed by atoms with van der Waals surface area (Å²) in [6.07, 6.45) is 0. The van der Waals surface area contributed by atoms with Crippen molar-refractivity contribution in [2.75, 3.05) is 5.32 Å². The first kappa shape index (κ1) is 16.6. The number of ketones is 1. The lowest BCUT2D eigenvalue weighted by Gasteiger charge is -2.17. The number of benzene rings is 2. The van der Waals surface area contributed by atoms with Crippen LogP contribution in [0.2, 0.25) is 0 Å². The van der Waals surface area contributed by atoms with Crippen LogP contribution in [-0.2, 0) is 12.8 Å². The second-order valence-corrected chi connectivity index (χ2v) is 7.19. The van der Waals surface area contributed by atoms with E-state index in [4.69, 9.17) is 0 Å². The molecule has 0 fully saturated rings. The minimum absolute atomic E-state index is 0.0377. The molecule has 0 atom stereocenters. The quantitative estimate of drug-likeness (QED) is 0.710. The van der Waals surface area contributed by atoms with Crippen LogP contribution in [0.15, 0.2) is 53.4 Å². The Morgan fingerprint density at radius 2 is 1.96 bits per heavy atom. The molecule has 0 unspecified atom stereocenters. The summed E-state index contributed by atoms with van der Waals surface area (Å²) >= 11 is 1.71. The molecule has 1 aromatic heterocycles. The van der Waals surface area contributed by atoms with E-state index in [9.17, 15) is 9.59 Å². The fourth-order valence-electron chi connectivity index (χ4n) is 3.17. The Hall–Kier alpha value is -2.86. The molecule has 130 valence electrons. The van der Waals surface area contributed by atoms with Gasteiger partial charge in [0.25, 0.3) is 5.91 Å².